The standard InChI is InChI=1S/C42H58N6O7S.2H2O/c1-27(2)24-44-39(51)23-37(50)36(22-32-16-10-7-11-17-32)45-41(53)42(26-47-29(4)20-28(3)46-47,34-25-56(54,55)38-19-13-12-18-33(34)38)48(30(5)49)40(52)35(43)21-31-14-8-6-9-15-31;;/h6,8-9,12-15,18-20,27,32,34-37,50H,7,10-11,16-17,21-26,43H2,1-5H3,(H,44,51)(H,45,53);2*1H2/t34?,35-,36-,37-,42+;;/m0../s1. The zero-order chi connectivity index (χ0) is 40.8. The molecule has 3 aromatic rings. The Morgan fingerprint density at radius 1 is 1.00 bits per heavy atom. The molecule has 1 aromatic heterocycles. The fourth-order valence-corrected chi connectivity index (χ4v) is 10.4. The number of nitrogens with one attached hydrogen (secondary N) is 2. The molecule has 9 N–H and O–H groups in total. The number of amides is 4. The Kier molecular flexibility index (Phi) is 16.9. The van der Waals surface area contributed by atoms with Gasteiger partial charge in [-0.15, -0.1) is 0 Å². The zero-order valence-electron chi connectivity index (χ0n) is 34.2. The molecule has 1 aliphatic carbocycles. The minimum Gasteiger partial charge on any atom is -0.412 e. The summed E-state index contributed by atoms with van der Waals surface area (Å²) in [6.45, 7) is 8.63. The van der Waals surface area contributed by atoms with Crippen LogP contribution in [0.15, 0.2) is 65.6 Å². The van der Waals surface area contributed by atoms with E-state index < -0.39 is 69.5 Å². The molecule has 1 fully saturated rings. The Labute approximate surface area is 341 Å². The zero-order valence-corrected chi connectivity index (χ0v) is 35.1. The maximum Gasteiger partial charge on any atom is 0.249 e. The van der Waals surface area contributed by atoms with Crippen molar-refractivity contribution in [3.63, 3.8) is 0 Å². The monoisotopic (exact) mass is 826 g/mol. The number of nitrogens with zero attached hydrogens (tertiary/aromatic N) is 3. The average Bonchev–Trinajstić information content (AvgIpc) is 3.62. The molecule has 0 bridgehead atoms. The highest BCUT2D eigenvalue weighted by Gasteiger charge is 2.60. The van der Waals surface area contributed by atoms with Crippen LogP contribution in [0.2, 0.25) is 0 Å². The number of fused-ring (bicyclic) bond motifs is 1. The Bertz CT molecular complexity index is 1980. The summed E-state index contributed by atoms with van der Waals surface area (Å²) in [5.74, 6) is -4.44. The van der Waals surface area contributed by atoms with Gasteiger partial charge in [-0.05, 0) is 61.8 Å². The van der Waals surface area contributed by atoms with Crippen molar-refractivity contribution >= 4 is 33.5 Å². The van der Waals surface area contributed by atoms with E-state index in [9.17, 15) is 27.9 Å². The molecular weight excluding hydrogens is 765 g/mol. The van der Waals surface area contributed by atoms with E-state index >= 15 is 4.79 Å². The predicted octanol–water partition coefficient (Wildman–Crippen LogP) is 2.08. The van der Waals surface area contributed by atoms with Gasteiger partial charge in [0.25, 0.3) is 0 Å². The molecule has 0 radical (unpaired) electrons. The van der Waals surface area contributed by atoms with Gasteiger partial charge in [-0.3, -0.25) is 28.8 Å². The Morgan fingerprint density at radius 3 is 2.24 bits per heavy atom. The van der Waals surface area contributed by atoms with Crippen LogP contribution in [0.4, 0.5) is 0 Å². The maximum absolute atomic E-state index is 15.7. The fraction of sp³-hybridized carbons (Fsp3) is 0.548. The molecule has 1 aliphatic heterocycles. The molecule has 4 amide bonds. The predicted molar refractivity (Wildman–Crippen MR) is 220 cm³/mol. The van der Waals surface area contributed by atoms with E-state index in [0.29, 0.717) is 24.4 Å². The van der Waals surface area contributed by atoms with Gasteiger partial charge in [0, 0.05) is 25.1 Å². The molecule has 2 heterocycles. The highest BCUT2D eigenvalue weighted by molar-refractivity contribution is 7.91. The molecule has 1 unspecified atom stereocenters. The van der Waals surface area contributed by atoms with Crippen LogP contribution in [-0.4, -0.2) is 98.8 Å². The first-order valence-electron chi connectivity index (χ1n) is 19.8. The van der Waals surface area contributed by atoms with Crippen molar-refractivity contribution in [3.05, 3.63) is 83.2 Å². The molecule has 2 aliphatic rings. The number of hydrogen-bond donors (Lipinski definition) is 4. The summed E-state index contributed by atoms with van der Waals surface area (Å²) in [5.41, 5.74) is 6.60. The van der Waals surface area contributed by atoms with Crippen molar-refractivity contribution in [2.75, 3.05) is 12.3 Å². The van der Waals surface area contributed by atoms with Gasteiger partial charge in [-0.2, -0.15) is 5.10 Å². The largest absolute Gasteiger partial charge is 0.412 e. The maximum atomic E-state index is 15.7. The van der Waals surface area contributed by atoms with Crippen molar-refractivity contribution < 1.29 is 43.7 Å². The highest BCUT2D eigenvalue weighted by Crippen LogP contribution is 2.46. The van der Waals surface area contributed by atoms with Gasteiger partial charge in [0.1, 0.15) is 0 Å². The first-order valence-corrected chi connectivity index (χ1v) is 21.4. The van der Waals surface area contributed by atoms with Gasteiger partial charge < -0.3 is 32.4 Å². The van der Waals surface area contributed by atoms with Gasteiger partial charge in [0.2, 0.25) is 23.6 Å². The summed E-state index contributed by atoms with van der Waals surface area (Å²) in [7, 11) is -4.01. The van der Waals surface area contributed by atoms with Gasteiger partial charge in [0.05, 0.1) is 47.5 Å². The number of carbonyl (C=O) groups is 4. The Morgan fingerprint density at radius 2 is 1.64 bits per heavy atom. The lowest BCUT2D eigenvalue weighted by Gasteiger charge is -2.46. The molecule has 0 spiro atoms. The molecule has 15 nitrogen and oxygen atoms in total. The number of aliphatic hydroxyl groups excluding tert-OH is 1. The number of imide groups is 1. The third-order valence-electron chi connectivity index (χ3n) is 11.2. The lowest BCUT2D eigenvalue weighted by molar-refractivity contribution is -0.162. The fourth-order valence-electron chi connectivity index (χ4n) is 8.44. The van der Waals surface area contributed by atoms with Crippen molar-refractivity contribution in [2.24, 2.45) is 17.6 Å². The topological polar surface area (TPSA) is 257 Å². The van der Waals surface area contributed by atoms with E-state index in [0.717, 1.165) is 42.6 Å². The van der Waals surface area contributed by atoms with E-state index in [2.05, 4.69) is 15.7 Å². The van der Waals surface area contributed by atoms with Crippen molar-refractivity contribution in [2.45, 2.75) is 127 Å². The van der Waals surface area contributed by atoms with Crippen molar-refractivity contribution in [3.8, 4) is 0 Å². The second-order valence-electron chi connectivity index (χ2n) is 16.2. The second-order valence-corrected chi connectivity index (χ2v) is 18.2. The number of hydrogen-bond acceptors (Lipinski definition) is 9. The Balaban J connectivity index is 0.00000450. The number of aryl methyl sites for hydroxylation is 2. The van der Waals surface area contributed by atoms with Crippen LogP contribution in [0, 0.1) is 25.7 Å². The first kappa shape index (κ1) is 47.9. The van der Waals surface area contributed by atoms with Crippen molar-refractivity contribution in [1.29, 1.82) is 0 Å². The summed E-state index contributed by atoms with van der Waals surface area (Å²) >= 11 is 0. The third-order valence-corrected chi connectivity index (χ3v) is 13.0. The number of rotatable bonds is 16. The van der Waals surface area contributed by atoms with Crippen LogP contribution in [0.3, 0.4) is 0 Å². The number of benzene rings is 2. The molecule has 16 heteroatoms. The molecule has 0 saturated heterocycles. The van der Waals surface area contributed by atoms with Crippen LogP contribution in [-0.2, 0) is 42.0 Å². The second kappa shape index (κ2) is 20.5. The van der Waals surface area contributed by atoms with Crippen LogP contribution in [0.25, 0.3) is 0 Å². The normalized spacial score (nSPS) is 18.7. The number of aromatic nitrogens is 2. The third kappa shape index (κ3) is 11.0. The molecule has 1 saturated carbocycles. The summed E-state index contributed by atoms with van der Waals surface area (Å²) < 4.78 is 29.4. The molecular formula is C42H62N6O9S. The van der Waals surface area contributed by atoms with E-state index in [4.69, 9.17) is 5.73 Å². The van der Waals surface area contributed by atoms with E-state index in [-0.39, 0.29) is 52.0 Å². The first-order chi connectivity index (χ1) is 26.5. The van der Waals surface area contributed by atoms with E-state index in [1.165, 1.54) is 17.7 Å². The molecule has 2 aromatic carbocycles. The van der Waals surface area contributed by atoms with Crippen LogP contribution < -0.4 is 16.4 Å². The average molecular weight is 827 g/mol. The van der Waals surface area contributed by atoms with Gasteiger partial charge in [-0.1, -0.05) is 94.5 Å². The molecule has 58 heavy (non-hydrogen) atoms. The van der Waals surface area contributed by atoms with E-state index in [1.807, 2.05) is 19.9 Å². The van der Waals surface area contributed by atoms with Gasteiger partial charge in [0.15, 0.2) is 15.4 Å². The molecule has 5 rings (SSSR count). The van der Waals surface area contributed by atoms with E-state index in [1.54, 1.807) is 62.4 Å². The SMILES string of the molecule is CC(=O)N(C(=O)[C@@H](N)Cc1ccccc1)[C@@](Cn1nc(C)cc1C)(C(=O)N[C@@H](CC1CCCCC1)[C@@H](O)CC(=O)NCC(C)C)C1CS(=O)(=O)c2ccccc21.O.O. The smallest absolute Gasteiger partial charge is 0.249 e. The highest BCUT2D eigenvalue weighted by atomic mass is 32.2. The summed E-state index contributed by atoms with van der Waals surface area (Å²) in [6, 6.07) is 14.9. The molecule has 5 atom stereocenters. The number of aliphatic hydroxyl groups is 1. The summed E-state index contributed by atoms with van der Waals surface area (Å²) in [5, 5.41) is 22.3. The minimum atomic E-state index is -4.01. The number of sulfone groups is 1. The van der Waals surface area contributed by atoms with Gasteiger partial charge >= 0.3 is 0 Å². The Hall–Kier alpha value is -4.48. The minimum absolute atomic E-state index is 0. The summed E-state index contributed by atoms with van der Waals surface area (Å²) in [4.78, 5) is 58.7. The van der Waals surface area contributed by atoms with Crippen LogP contribution in [0.1, 0.15) is 94.1 Å². The van der Waals surface area contributed by atoms with Crippen molar-refractivity contribution in [1.82, 2.24) is 25.3 Å². The number of carbonyl (C=O) groups excluding carboxylic acids is 4. The van der Waals surface area contributed by atoms with Gasteiger partial charge in [-0.25, -0.2) is 8.42 Å². The van der Waals surface area contributed by atoms with Crippen LogP contribution in [0.5, 0.6) is 0 Å². The molecule has 320 valence electrons. The lowest BCUT2D eigenvalue weighted by atomic mass is 9.76. The quantitative estimate of drug-likeness (QED) is 0.165. The lowest BCUT2D eigenvalue weighted by Crippen LogP contribution is -2.70. The summed E-state index contributed by atoms with van der Waals surface area (Å²) in [6.07, 6.45) is 3.53. The van der Waals surface area contributed by atoms with Crippen LogP contribution >= 0.6 is 0 Å². The number of nitrogens with two attached hydrogens (primary N) is 1.